The maximum atomic E-state index is 13.0. The van der Waals surface area contributed by atoms with Crippen molar-refractivity contribution in [1.82, 2.24) is 9.88 Å². The molecule has 3 aromatic rings. The van der Waals surface area contributed by atoms with Crippen LogP contribution in [0.3, 0.4) is 0 Å². The Morgan fingerprint density at radius 2 is 1.93 bits per heavy atom. The van der Waals surface area contributed by atoms with Crippen molar-refractivity contribution < 1.29 is 18.8 Å². The van der Waals surface area contributed by atoms with Crippen LogP contribution in [0.5, 0.6) is 0 Å². The van der Waals surface area contributed by atoms with Gasteiger partial charge in [-0.25, -0.2) is 0 Å². The van der Waals surface area contributed by atoms with Gasteiger partial charge in [0.1, 0.15) is 16.8 Å². The number of amides is 2. The molecule has 0 unspecified atom stereocenters. The first-order chi connectivity index (χ1) is 14.3. The molecule has 0 bridgehead atoms. The zero-order valence-corrected chi connectivity index (χ0v) is 17.0. The van der Waals surface area contributed by atoms with E-state index in [9.17, 15) is 14.4 Å². The summed E-state index contributed by atoms with van der Waals surface area (Å²) in [6.07, 6.45) is 8.34. The number of fused-ring (bicyclic) bond motifs is 1. The summed E-state index contributed by atoms with van der Waals surface area (Å²) in [5.41, 5.74) is 2.12. The molecule has 2 N–H and O–H groups in total. The maximum absolute atomic E-state index is 13.0. The second kappa shape index (κ2) is 6.92. The van der Waals surface area contributed by atoms with Crippen LogP contribution < -0.4 is 10.6 Å². The number of anilines is 1. The quantitative estimate of drug-likeness (QED) is 0.389. The summed E-state index contributed by atoms with van der Waals surface area (Å²) >= 11 is 0. The molecule has 0 aliphatic heterocycles. The van der Waals surface area contributed by atoms with Gasteiger partial charge in [0.05, 0.1) is 11.8 Å². The Morgan fingerprint density at radius 3 is 2.60 bits per heavy atom. The molecule has 0 spiro atoms. The Kier molecular flexibility index (Phi) is 4.50. The van der Waals surface area contributed by atoms with E-state index >= 15 is 0 Å². The van der Waals surface area contributed by atoms with E-state index in [1.807, 2.05) is 0 Å². The van der Waals surface area contributed by atoms with E-state index in [-0.39, 0.29) is 11.5 Å². The molecule has 152 valence electrons. The highest BCUT2D eigenvalue weighted by atomic mass is 16.3. The predicted molar refractivity (Wildman–Crippen MR) is 112 cm³/mol. The Hall–Kier alpha value is -3.79. The molecule has 30 heavy (non-hydrogen) atoms. The van der Waals surface area contributed by atoms with Gasteiger partial charge in [-0.1, -0.05) is 5.92 Å². The van der Waals surface area contributed by atoms with Gasteiger partial charge < -0.3 is 19.6 Å². The van der Waals surface area contributed by atoms with Gasteiger partial charge >= 0.3 is 0 Å². The first-order valence-electron chi connectivity index (χ1n) is 9.55. The number of nitrogens with one attached hydrogen (secondary N) is 2. The van der Waals surface area contributed by atoms with Crippen LogP contribution in [-0.2, 0) is 11.8 Å². The number of rotatable bonds is 5. The van der Waals surface area contributed by atoms with Crippen molar-refractivity contribution >= 4 is 34.3 Å². The minimum atomic E-state index is -0.750. The van der Waals surface area contributed by atoms with E-state index in [2.05, 4.69) is 16.6 Å². The number of benzene rings is 1. The average molecular weight is 403 g/mol. The number of terminal acetylenes is 1. The number of furan rings is 1. The summed E-state index contributed by atoms with van der Waals surface area (Å²) in [4.78, 5) is 38.3. The van der Waals surface area contributed by atoms with Crippen LogP contribution in [0, 0.1) is 26.2 Å². The smallest absolute Gasteiger partial charge is 0.293 e. The molecule has 1 aromatic carbocycles. The number of hydrogen-bond donors (Lipinski definition) is 2. The summed E-state index contributed by atoms with van der Waals surface area (Å²) in [5.74, 6) is 0.715. The van der Waals surface area contributed by atoms with Crippen LogP contribution in [0.15, 0.2) is 34.9 Å². The molecular weight excluding hydrogens is 382 g/mol. The molecule has 2 heterocycles. The summed E-state index contributed by atoms with van der Waals surface area (Å²) in [6.45, 7) is 3.37. The normalized spacial score (nSPS) is 14.2. The first kappa shape index (κ1) is 19.5. The standard InChI is InChI=1S/C23H21N3O4/c1-5-23(9-10-23)25-22(29)20(27)18-13(2)19(26(4)14(18)3)21(28)24-16-6-7-17-15(12-16)8-11-30-17/h1,6-8,11-12H,9-10H2,2-4H3,(H,24,28)(H,25,29). The fraction of sp³-hybridized carbons (Fsp3) is 0.261. The zero-order chi connectivity index (χ0) is 21.6. The monoisotopic (exact) mass is 403 g/mol. The molecule has 7 nitrogen and oxygen atoms in total. The van der Waals surface area contributed by atoms with E-state index in [1.54, 1.807) is 56.0 Å². The van der Waals surface area contributed by atoms with Crippen LogP contribution in [-0.4, -0.2) is 27.7 Å². The predicted octanol–water partition coefficient (Wildman–Crippen LogP) is 3.11. The molecule has 0 radical (unpaired) electrons. The largest absolute Gasteiger partial charge is 0.464 e. The van der Waals surface area contributed by atoms with Crippen molar-refractivity contribution in [2.75, 3.05) is 5.32 Å². The van der Waals surface area contributed by atoms with E-state index in [0.717, 1.165) is 11.0 Å². The Labute approximate surface area is 173 Å². The average Bonchev–Trinajstić information content (AvgIpc) is 3.25. The molecule has 0 saturated heterocycles. The molecule has 1 fully saturated rings. The lowest BCUT2D eigenvalue weighted by molar-refractivity contribution is -0.117. The zero-order valence-electron chi connectivity index (χ0n) is 17.0. The van der Waals surface area contributed by atoms with Gasteiger partial charge in [0.2, 0.25) is 0 Å². The lowest BCUT2D eigenvalue weighted by atomic mass is 10.0. The third-order valence-corrected chi connectivity index (χ3v) is 5.67. The fourth-order valence-electron chi connectivity index (χ4n) is 3.69. The van der Waals surface area contributed by atoms with Crippen molar-refractivity contribution in [3.05, 3.63) is 53.0 Å². The maximum Gasteiger partial charge on any atom is 0.293 e. The van der Waals surface area contributed by atoms with Crippen LogP contribution in [0.2, 0.25) is 0 Å². The number of ketones is 1. The van der Waals surface area contributed by atoms with Gasteiger partial charge in [0.15, 0.2) is 0 Å². The van der Waals surface area contributed by atoms with Crippen molar-refractivity contribution in [3.8, 4) is 12.3 Å². The Balaban J connectivity index is 1.61. The topological polar surface area (TPSA) is 93.3 Å². The summed E-state index contributed by atoms with van der Waals surface area (Å²) < 4.78 is 6.93. The second-order valence-electron chi connectivity index (χ2n) is 7.63. The highest BCUT2D eigenvalue weighted by Crippen LogP contribution is 2.34. The molecule has 4 rings (SSSR count). The lowest BCUT2D eigenvalue weighted by Gasteiger charge is -2.10. The first-order valence-corrected chi connectivity index (χ1v) is 9.55. The molecule has 2 aromatic heterocycles. The molecule has 2 amide bonds. The lowest BCUT2D eigenvalue weighted by Crippen LogP contribution is -2.40. The molecule has 0 atom stereocenters. The van der Waals surface area contributed by atoms with E-state index in [0.29, 0.717) is 35.5 Å². The van der Waals surface area contributed by atoms with Crippen LogP contribution in [0.1, 0.15) is 44.9 Å². The van der Waals surface area contributed by atoms with Crippen molar-refractivity contribution in [2.45, 2.75) is 32.2 Å². The molecule has 7 heteroatoms. The summed E-state index contributed by atoms with van der Waals surface area (Å²) in [7, 11) is 1.69. The van der Waals surface area contributed by atoms with Gasteiger partial charge in [0.25, 0.3) is 17.6 Å². The van der Waals surface area contributed by atoms with Crippen molar-refractivity contribution in [3.63, 3.8) is 0 Å². The van der Waals surface area contributed by atoms with Gasteiger partial charge in [0, 0.05) is 23.8 Å². The van der Waals surface area contributed by atoms with Crippen LogP contribution in [0.4, 0.5) is 5.69 Å². The molecule has 1 aliphatic rings. The number of Topliss-reactive ketones (excluding diaryl/α,β-unsaturated/α-hetero) is 1. The van der Waals surface area contributed by atoms with Gasteiger partial charge in [-0.15, -0.1) is 6.42 Å². The minimum Gasteiger partial charge on any atom is -0.464 e. The third-order valence-electron chi connectivity index (χ3n) is 5.67. The Morgan fingerprint density at radius 1 is 1.20 bits per heavy atom. The molecule has 1 aliphatic carbocycles. The third kappa shape index (κ3) is 3.16. The second-order valence-corrected chi connectivity index (χ2v) is 7.63. The summed E-state index contributed by atoms with van der Waals surface area (Å²) in [5, 5.41) is 6.35. The molecular formula is C23H21N3O4. The highest BCUT2D eigenvalue weighted by molar-refractivity contribution is 6.44. The van der Waals surface area contributed by atoms with Gasteiger partial charge in [-0.2, -0.15) is 0 Å². The van der Waals surface area contributed by atoms with Crippen molar-refractivity contribution in [2.24, 2.45) is 7.05 Å². The van der Waals surface area contributed by atoms with E-state index < -0.39 is 17.2 Å². The van der Waals surface area contributed by atoms with Crippen LogP contribution in [0.25, 0.3) is 11.0 Å². The number of nitrogens with zero attached hydrogens (tertiary/aromatic N) is 1. The van der Waals surface area contributed by atoms with Crippen LogP contribution >= 0.6 is 0 Å². The van der Waals surface area contributed by atoms with Gasteiger partial charge in [-0.05, 0) is 56.5 Å². The SMILES string of the molecule is C#CC1(NC(=O)C(=O)c2c(C)c(C(=O)Nc3ccc4occc4c3)n(C)c2C)CC1. The number of carbonyl (C=O) groups excluding carboxylic acids is 3. The number of carbonyl (C=O) groups is 3. The highest BCUT2D eigenvalue weighted by Gasteiger charge is 2.44. The number of aromatic nitrogens is 1. The fourth-order valence-corrected chi connectivity index (χ4v) is 3.69. The van der Waals surface area contributed by atoms with Crippen molar-refractivity contribution in [1.29, 1.82) is 0 Å². The van der Waals surface area contributed by atoms with E-state index in [4.69, 9.17) is 10.8 Å². The summed E-state index contributed by atoms with van der Waals surface area (Å²) in [6, 6.07) is 7.12. The van der Waals surface area contributed by atoms with E-state index in [1.165, 1.54) is 0 Å². The minimum absolute atomic E-state index is 0.221. The Bertz CT molecular complexity index is 1250. The molecule has 1 saturated carbocycles. The number of hydrogen-bond acceptors (Lipinski definition) is 4. The van der Waals surface area contributed by atoms with Gasteiger partial charge in [-0.3, -0.25) is 14.4 Å².